The Morgan fingerprint density at radius 1 is 1.41 bits per heavy atom. The van der Waals surface area contributed by atoms with Crippen LogP contribution in [0.15, 0.2) is 16.7 Å². The molecule has 1 aromatic heterocycles. The summed E-state index contributed by atoms with van der Waals surface area (Å²) in [5.41, 5.74) is 1.05. The summed E-state index contributed by atoms with van der Waals surface area (Å²) in [7, 11) is -3.08. The molecule has 0 unspecified atom stereocenters. The van der Waals surface area contributed by atoms with E-state index in [0.717, 1.165) is 22.1 Å². The summed E-state index contributed by atoms with van der Waals surface area (Å²) >= 11 is 3.34. The van der Waals surface area contributed by atoms with E-state index >= 15 is 0 Å². The van der Waals surface area contributed by atoms with Crippen LogP contribution in [0.25, 0.3) is 0 Å². The number of pyridine rings is 1. The Morgan fingerprint density at radius 2 is 2.12 bits per heavy atom. The predicted octanol–water partition coefficient (Wildman–Crippen LogP) is 1.50. The summed E-state index contributed by atoms with van der Waals surface area (Å²) < 4.78 is 25.0. The van der Waals surface area contributed by atoms with E-state index in [0.29, 0.717) is 19.5 Å². The van der Waals surface area contributed by atoms with Gasteiger partial charge >= 0.3 is 0 Å². The van der Waals surface area contributed by atoms with E-state index in [1.54, 1.807) is 6.20 Å². The molecule has 1 heterocycles. The van der Waals surface area contributed by atoms with Gasteiger partial charge in [-0.25, -0.2) is 18.1 Å². The maximum Gasteiger partial charge on any atom is 0.208 e. The van der Waals surface area contributed by atoms with Crippen LogP contribution in [0.2, 0.25) is 0 Å². The van der Waals surface area contributed by atoms with E-state index in [9.17, 15) is 8.42 Å². The molecule has 96 valence electrons. The molecule has 0 amide bonds. The molecule has 0 radical (unpaired) electrons. The van der Waals surface area contributed by atoms with Crippen LogP contribution in [0.3, 0.4) is 0 Å². The van der Waals surface area contributed by atoms with Crippen molar-refractivity contribution < 1.29 is 8.42 Å². The van der Waals surface area contributed by atoms with Crippen molar-refractivity contribution in [2.24, 2.45) is 0 Å². The lowest BCUT2D eigenvalue weighted by Crippen LogP contribution is -2.24. The number of hydrogen-bond donors (Lipinski definition) is 2. The summed E-state index contributed by atoms with van der Waals surface area (Å²) in [6, 6.07) is 1.98. The Balaban J connectivity index is 2.32. The highest BCUT2D eigenvalue weighted by Crippen LogP contribution is 2.16. The van der Waals surface area contributed by atoms with Gasteiger partial charge in [-0.15, -0.1) is 0 Å². The molecule has 0 fully saturated rings. The van der Waals surface area contributed by atoms with Crippen LogP contribution in [0, 0.1) is 6.92 Å². The Labute approximate surface area is 110 Å². The zero-order chi connectivity index (χ0) is 12.9. The van der Waals surface area contributed by atoms with E-state index in [-0.39, 0.29) is 0 Å². The second-order valence-corrected chi connectivity index (χ2v) is 6.51. The maximum atomic E-state index is 10.8. The fourth-order valence-corrected chi connectivity index (χ4v) is 2.24. The van der Waals surface area contributed by atoms with Gasteiger partial charge in [-0.1, -0.05) is 0 Å². The minimum Gasteiger partial charge on any atom is -0.370 e. The number of halogens is 1. The van der Waals surface area contributed by atoms with E-state index in [4.69, 9.17) is 0 Å². The van der Waals surface area contributed by atoms with Crippen molar-refractivity contribution in [1.82, 2.24) is 9.71 Å². The summed E-state index contributed by atoms with van der Waals surface area (Å²) in [6.07, 6.45) is 3.59. The lowest BCUT2D eigenvalue weighted by molar-refractivity contribution is 0.586. The Hall–Kier alpha value is -0.660. The molecule has 2 N–H and O–H groups in total. The summed E-state index contributed by atoms with van der Waals surface area (Å²) in [5, 5.41) is 3.16. The summed E-state index contributed by atoms with van der Waals surface area (Å²) in [6.45, 7) is 3.08. The quantitative estimate of drug-likeness (QED) is 0.779. The number of hydrogen-bond acceptors (Lipinski definition) is 4. The second-order valence-electron chi connectivity index (χ2n) is 3.77. The fourth-order valence-electron chi connectivity index (χ4n) is 1.28. The molecule has 0 aromatic carbocycles. The molecule has 17 heavy (non-hydrogen) atoms. The monoisotopic (exact) mass is 321 g/mol. The van der Waals surface area contributed by atoms with Crippen LogP contribution >= 0.6 is 15.9 Å². The third-order valence-corrected chi connectivity index (χ3v) is 3.22. The van der Waals surface area contributed by atoms with Crippen molar-refractivity contribution in [1.29, 1.82) is 0 Å². The first kappa shape index (κ1) is 14.4. The largest absolute Gasteiger partial charge is 0.370 e. The lowest BCUT2D eigenvalue weighted by atomic mass is 10.3. The van der Waals surface area contributed by atoms with Gasteiger partial charge in [0.05, 0.1) is 6.26 Å². The number of nitrogens with one attached hydrogen (secondary N) is 2. The molecule has 1 aromatic rings. The SMILES string of the molecule is Cc1cc(Br)cnc1NCCCNS(C)(=O)=O. The van der Waals surface area contributed by atoms with Gasteiger partial charge in [0.1, 0.15) is 5.82 Å². The first-order valence-electron chi connectivity index (χ1n) is 5.19. The van der Waals surface area contributed by atoms with Gasteiger partial charge in [0, 0.05) is 23.8 Å². The summed E-state index contributed by atoms with van der Waals surface area (Å²) in [4.78, 5) is 4.23. The molecule has 5 nitrogen and oxygen atoms in total. The van der Waals surface area contributed by atoms with E-state index in [1.165, 1.54) is 0 Å². The third kappa shape index (κ3) is 5.99. The van der Waals surface area contributed by atoms with E-state index in [2.05, 4.69) is 31.0 Å². The zero-order valence-corrected chi connectivity index (χ0v) is 12.2. The minimum absolute atomic E-state index is 0.432. The van der Waals surface area contributed by atoms with E-state index in [1.807, 2.05) is 13.0 Å². The number of aromatic nitrogens is 1. The van der Waals surface area contributed by atoms with Crippen LogP contribution in [0.5, 0.6) is 0 Å². The molecule has 0 spiro atoms. The topological polar surface area (TPSA) is 71.1 Å². The highest BCUT2D eigenvalue weighted by atomic mass is 79.9. The molecule has 0 saturated carbocycles. The van der Waals surface area contributed by atoms with Crippen molar-refractivity contribution in [3.8, 4) is 0 Å². The van der Waals surface area contributed by atoms with Gasteiger partial charge in [0.2, 0.25) is 10.0 Å². The molecule has 1 rings (SSSR count). The average molecular weight is 322 g/mol. The number of nitrogens with zero attached hydrogens (tertiary/aromatic N) is 1. The van der Waals surface area contributed by atoms with Crippen LogP contribution in [-0.2, 0) is 10.0 Å². The number of rotatable bonds is 6. The predicted molar refractivity (Wildman–Crippen MR) is 72.6 cm³/mol. The highest BCUT2D eigenvalue weighted by molar-refractivity contribution is 9.10. The maximum absolute atomic E-state index is 10.8. The smallest absolute Gasteiger partial charge is 0.208 e. The van der Waals surface area contributed by atoms with Gasteiger partial charge < -0.3 is 5.32 Å². The van der Waals surface area contributed by atoms with Crippen LogP contribution in [0.1, 0.15) is 12.0 Å². The Morgan fingerprint density at radius 3 is 2.71 bits per heavy atom. The molecule has 0 aliphatic heterocycles. The van der Waals surface area contributed by atoms with Gasteiger partial charge in [-0.3, -0.25) is 0 Å². The molecular weight excluding hydrogens is 306 g/mol. The molecule has 0 bridgehead atoms. The lowest BCUT2D eigenvalue weighted by Gasteiger charge is -2.08. The van der Waals surface area contributed by atoms with Crippen molar-refractivity contribution in [3.05, 3.63) is 22.3 Å². The number of sulfonamides is 1. The minimum atomic E-state index is -3.08. The van der Waals surface area contributed by atoms with Crippen LogP contribution in [0.4, 0.5) is 5.82 Å². The molecule has 0 atom stereocenters. The standard InChI is InChI=1S/C10H16BrN3O2S/c1-8-6-9(11)7-13-10(8)12-4-3-5-14-17(2,15)16/h6-7,14H,3-5H2,1-2H3,(H,12,13). The van der Waals surface area contributed by atoms with Crippen LogP contribution in [-0.4, -0.2) is 32.7 Å². The molecule has 7 heteroatoms. The van der Waals surface area contributed by atoms with Gasteiger partial charge in [-0.2, -0.15) is 0 Å². The molecule has 0 aliphatic carbocycles. The van der Waals surface area contributed by atoms with Crippen molar-refractivity contribution in [3.63, 3.8) is 0 Å². The first-order chi connectivity index (χ1) is 7.88. The zero-order valence-electron chi connectivity index (χ0n) is 9.83. The van der Waals surface area contributed by atoms with Gasteiger partial charge in [0.25, 0.3) is 0 Å². The molecule has 0 aliphatic rings. The summed E-state index contributed by atoms with van der Waals surface area (Å²) in [5.74, 6) is 0.826. The van der Waals surface area contributed by atoms with E-state index < -0.39 is 10.0 Å². The van der Waals surface area contributed by atoms with Crippen molar-refractivity contribution in [2.45, 2.75) is 13.3 Å². The Bertz CT molecular complexity index is 476. The average Bonchev–Trinajstić information content (AvgIpc) is 2.18. The van der Waals surface area contributed by atoms with Crippen LogP contribution < -0.4 is 10.0 Å². The van der Waals surface area contributed by atoms with Gasteiger partial charge in [0.15, 0.2) is 0 Å². The first-order valence-corrected chi connectivity index (χ1v) is 7.87. The van der Waals surface area contributed by atoms with Crippen molar-refractivity contribution >= 4 is 31.8 Å². The van der Waals surface area contributed by atoms with Gasteiger partial charge in [-0.05, 0) is 40.9 Å². The normalized spacial score (nSPS) is 11.5. The molecular formula is C10H16BrN3O2S. The third-order valence-electron chi connectivity index (χ3n) is 2.06. The highest BCUT2D eigenvalue weighted by Gasteiger charge is 2.01. The fraction of sp³-hybridized carbons (Fsp3) is 0.500. The number of aryl methyl sites for hydroxylation is 1. The number of anilines is 1. The Kier molecular flexibility index (Phi) is 5.35. The van der Waals surface area contributed by atoms with Crippen molar-refractivity contribution in [2.75, 3.05) is 24.7 Å². The molecule has 0 saturated heterocycles. The second kappa shape index (κ2) is 6.32.